The summed E-state index contributed by atoms with van der Waals surface area (Å²) in [7, 11) is -3.03. The molecule has 7 aromatic rings. The molecule has 5 heterocycles. The van der Waals surface area contributed by atoms with E-state index in [1.54, 1.807) is 38.1 Å². The van der Waals surface area contributed by atoms with Crippen molar-refractivity contribution in [3.63, 3.8) is 0 Å². The van der Waals surface area contributed by atoms with Gasteiger partial charge in [0.2, 0.25) is 0 Å². The number of alkyl halides is 2. The summed E-state index contributed by atoms with van der Waals surface area (Å²) in [5.74, 6) is 7.93. The zero-order chi connectivity index (χ0) is 97.9. The third-order valence-electron chi connectivity index (χ3n) is 19.7. The number of aliphatic hydroxyl groups is 2. The Labute approximate surface area is 907 Å². The van der Waals surface area contributed by atoms with Crippen LogP contribution in [-0.2, 0) is 88.8 Å². The van der Waals surface area contributed by atoms with Crippen LogP contribution in [0.1, 0.15) is 201 Å². The summed E-state index contributed by atoms with van der Waals surface area (Å²) in [6.45, 7) is 45.6. The first kappa shape index (κ1) is 132. The van der Waals surface area contributed by atoms with Crippen LogP contribution in [0.25, 0.3) is 0 Å². The van der Waals surface area contributed by atoms with Gasteiger partial charge in [-0.2, -0.15) is 47.9 Å². The van der Waals surface area contributed by atoms with Crippen molar-refractivity contribution < 1.29 is 91.2 Å². The molecule has 0 amide bonds. The first-order chi connectivity index (χ1) is 62.1. The Balaban J connectivity index is 0.000000748. The zero-order valence-corrected chi connectivity index (χ0v) is 102. The monoisotopic (exact) mass is 2680 g/mol. The van der Waals surface area contributed by atoms with Gasteiger partial charge in [-0.05, 0) is 129 Å². The number of aliphatic hydroxyl groups excluding tert-OH is 2. The predicted molar refractivity (Wildman–Crippen MR) is 622 cm³/mol. The van der Waals surface area contributed by atoms with Crippen LogP contribution in [0, 0.1) is 46.3 Å². The Hall–Kier alpha value is 1.82. The standard InChI is InChI=1S/2C16H25BO2S.2C12H16BBrO2.C12H17BO2.C11H17BO2S.C7H9BO2.C5H12O2.C4H10S.ClH.5HI.2V/c2*1-4-5-10-20-11-14-6-8-15(9-7-14)17-18-12-16(2,3)13-19-17;2*1-12(2)8-15-13(16-9-12)11-5-3-10(7-14)4-6-11;1-10-4-6-11(7-5-10)13-14-8-12(2,3)9-15-13;1-2-3-8-15-9-10-4-6-11(7-5-10)12(13)14;1-6-2-4-7(5-3-6)8(9)10;1-5(2,3-6)4-7;1-2-3-4-5;;;;;;;;/h2*6-9H,4-5,10-13H2,1-3H3;2*3-6H,7-9H2,1-2H3;4-7H,8-9H2,1-3H3;4-7,13-14H,2-3,8-9H2,1H3;2-5,9-10H,1H3;6-7H,3-4H2,1-2H3;5H,2-4H2,1H3;6*1H;;/q;;;;;;;;;;;;;;;+2;+3/p-5. The summed E-state index contributed by atoms with van der Waals surface area (Å²) in [6.07, 6.45) is 10.2. The first-order valence-electron chi connectivity index (χ1n) is 44.9. The van der Waals surface area contributed by atoms with Gasteiger partial charge in [-0.1, -0.05) is 349 Å². The molecule has 132 heavy (non-hydrogen) atoms. The third kappa shape index (κ3) is 62.6. The van der Waals surface area contributed by atoms with Gasteiger partial charge in [0.25, 0.3) is 0 Å². The van der Waals surface area contributed by atoms with E-state index in [1.165, 1.54) is 102 Å². The molecule has 0 spiro atoms. The maximum absolute atomic E-state index is 8.91. The number of thiol groups is 1. The molecule has 735 valence electrons. The molecule has 6 N–H and O–H groups in total. The summed E-state index contributed by atoms with van der Waals surface area (Å²) < 4.78 is 57.5. The van der Waals surface area contributed by atoms with Gasteiger partial charge in [0, 0.05) is 126 Å². The molecule has 16 nitrogen and oxygen atoms in total. The Bertz CT molecular complexity index is 3800. The molecule has 0 aliphatic carbocycles. The van der Waals surface area contributed by atoms with Gasteiger partial charge >= 0.3 is 164 Å². The predicted octanol–water partition coefficient (Wildman–Crippen LogP) is 21.1. The van der Waals surface area contributed by atoms with Crippen molar-refractivity contribution in [2.24, 2.45) is 32.5 Å². The van der Waals surface area contributed by atoms with E-state index >= 15 is 0 Å². The van der Waals surface area contributed by atoms with Crippen LogP contribution in [0.5, 0.6) is 0 Å². The van der Waals surface area contributed by atoms with Crippen molar-refractivity contribution >= 4 is 280 Å². The van der Waals surface area contributed by atoms with Crippen molar-refractivity contribution in [1.82, 2.24) is 0 Å². The van der Waals surface area contributed by atoms with E-state index < -0.39 is 14.2 Å². The SMILES string of the molecule is CC(C)(CO)CO.CC1(C)COB(c2ccc(CBr)cc2)OC1.CC1(C)COB(c2ccc(CBr)cc2)OC1.CCCCS.CCCCSCc1ccc(B(O)O)cc1.CCCCSCc1ccc(B2OCC(C)(C)CO2)cc1.CCCCSCc1ccc(B2OCC(C)(C)CO2)cc1.Cc1ccc(B(O)O)cc1.Cc1ccc(B2OCC(C)(C)CO2)cc1.Cl.[I][V]([I])[I].[I][V][I]. The van der Waals surface area contributed by atoms with Crippen LogP contribution in [0.15, 0.2) is 170 Å². The Kier molecular flexibility index (Phi) is 75.4. The second kappa shape index (κ2) is 75.5. The van der Waals surface area contributed by atoms with E-state index in [0.717, 1.165) is 133 Å². The van der Waals surface area contributed by atoms with Crippen molar-refractivity contribution in [2.45, 2.75) is 204 Å². The first-order valence-corrected chi connectivity index (χ1v) is 73.8. The molecule has 0 bridgehead atoms. The average molecular weight is 2680 g/mol. The van der Waals surface area contributed by atoms with Crippen LogP contribution in [0.2, 0.25) is 0 Å². The second-order valence-corrected chi connectivity index (χ2v) is 89.2. The molecule has 37 heteroatoms. The Morgan fingerprint density at radius 3 is 0.720 bits per heavy atom. The number of aryl methyl sites for hydroxylation is 2. The molecule has 5 saturated heterocycles. The quantitative estimate of drug-likeness (QED) is 0.00798. The molecule has 12 rings (SSSR count). The van der Waals surface area contributed by atoms with Crippen LogP contribution in [0.3, 0.4) is 0 Å². The van der Waals surface area contributed by atoms with Gasteiger partial charge in [0.05, 0.1) is 13.2 Å². The summed E-state index contributed by atoms with van der Waals surface area (Å²) in [6, 6.07) is 56.8. The van der Waals surface area contributed by atoms with E-state index in [-0.39, 0.29) is 98.6 Å². The summed E-state index contributed by atoms with van der Waals surface area (Å²) >= 11 is 28.9. The normalized spacial score (nSPS) is 15.9. The van der Waals surface area contributed by atoms with Gasteiger partial charge in [0.1, 0.15) is 0 Å². The zero-order valence-electron chi connectivity index (χ0n) is 81.1. The fourth-order valence-electron chi connectivity index (χ4n) is 11.3. The average Bonchev–Trinajstić information content (AvgIpc) is 0.851. The molecule has 5 aliphatic rings. The molecule has 5 fully saturated rings. The van der Waals surface area contributed by atoms with Crippen LogP contribution < -0.4 is 38.2 Å². The topological polar surface area (TPSA) is 214 Å². The van der Waals surface area contributed by atoms with Crippen LogP contribution >= 0.6 is 192 Å². The fourth-order valence-corrected chi connectivity index (χ4v) is 15.5. The Morgan fingerprint density at radius 2 is 0.553 bits per heavy atom. The maximum atomic E-state index is 8.91. The number of unbranched alkanes of at least 4 members (excludes halogenated alkanes) is 4. The van der Waals surface area contributed by atoms with Crippen LogP contribution in [0.4, 0.5) is 0 Å². The second-order valence-electron chi connectivity index (χ2n) is 37.2. The van der Waals surface area contributed by atoms with E-state index in [0.29, 0.717) is 20.4 Å². The van der Waals surface area contributed by atoms with Crippen molar-refractivity contribution in [3.8, 4) is 0 Å². The Morgan fingerprint density at radius 1 is 0.371 bits per heavy atom. The minimum absolute atomic E-state index is 0. The molecule has 0 saturated carbocycles. The molecule has 7 aromatic carbocycles. The number of rotatable bonds is 28. The van der Waals surface area contributed by atoms with E-state index in [1.807, 2.05) is 66.5 Å². The van der Waals surface area contributed by atoms with E-state index in [2.05, 4.69) is 370 Å². The fraction of sp³-hybridized carbons (Fsp3) is 0.558. The van der Waals surface area contributed by atoms with Crippen molar-refractivity contribution in [3.05, 3.63) is 209 Å². The molecule has 5 aliphatic heterocycles. The minimum atomic E-state index is -1.35. The van der Waals surface area contributed by atoms with Gasteiger partial charge in [0.15, 0.2) is 0 Å². The van der Waals surface area contributed by atoms with Gasteiger partial charge in [-0.3, -0.25) is 0 Å². The molecular weight excluding hydrogens is 2530 g/mol. The van der Waals surface area contributed by atoms with E-state index in [9.17, 15) is 0 Å². The number of benzene rings is 7. The molecule has 0 radical (unpaired) electrons. The molecule has 0 aromatic heterocycles. The van der Waals surface area contributed by atoms with Gasteiger partial charge in [-0.15, -0.1) is 12.4 Å². The number of halogens is 8. The van der Waals surface area contributed by atoms with Gasteiger partial charge in [-0.25, -0.2) is 0 Å². The van der Waals surface area contributed by atoms with E-state index in [4.69, 9.17) is 76.9 Å². The van der Waals surface area contributed by atoms with Crippen LogP contribution in [-0.4, -0.2) is 182 Å². The van der Waals surface area contributed by atoms with Crippen molar-refractivity contribution in [2.75, 3.05) is 102 Å². The number of hydrogen-bond acceptors (Lipinski definition) is 20. The molecular formula is C95H148B7Br2ClI5O16S4V2. The molecule has 0 unspecified atom stereocenters. The summed E-state index contributed by atoms with van der Waals surface area (Å²) in [5.41, 5.74) is 15.9. The van der Waals surface area contributed by atoms with Gasteiger partial charge < -0.3 is 76.9 Å². The molecule has 0 atom stereocenters. The third-order valence-corrected chi connectivity index (χ3v) is 24.6. The number of thioether (sulfide) groups is 3. The summed E-state index contributed by atoms with van der Waals surface area (Å²) in [5, 5.41) is 53.8. The number of hydrogen-bond donors (Lipinski definition) is 7. The van der Waals surface area contributed by atoms with Crippen molar-refractivity contribution in [1.29, 1.82) is 0 Å². The summed E-state index contributed by atoms with van der Waals surface area (Å²) in [4.78, 5) is -0.278.